The zero-order chi connectivity index (χ0) is 30.2. The van der Waals surface area contributed by atoms with Crippen LogP contribution >= 0.6 is 0 Å². The predicted molar refractivity (Wildman–Crippen MR) is 177 cm³/mol. The van der Waals surface area contributed by atoms with Gasteiger partial charge in [-0.1, -0.05) is 89.8 Å². The van der Waals surface area contributed by atoms with Gasteiger partial charge < -0.3 is 9.14 Å². The lowest BCUT2D eigenvalue weighted by Gasteiger charge is -2.11. The highest BCUT2D eigenvalue weighted by Crippen LogP contribution is 2.44. The van der Waals surface area contributed by atoms with Gasteiger partial charge in [0.1, 0.15) is 17.1 Å². The SMILES string of the molecule is CCOC(=O)c1c(-c2ccc(C)cc2)c(-c2nc3ccccc3nc2C#Cc2ccc(C)cc2)c2c3ccccc3ccn12. The van der Waals surface area contributed by atoms with Crippen molar-refractivity contribution in [2.45, 2.75) is 20.8 Å². The van der Waals surface area contributed by atoms with E-state index in [1.54, 1.807) is 0 Å². The molecule has 0 radical (unpaired) electrons. The number of ether oxygens (including phenoxy) is 1. The molecule has 0 atom stereocenters. The molecule has 0 N–H and O–H groups in total. The second-order valence-electron chi connectivity index (χ2n) is 10.8. The van der Waals surface area contributed by atoms with Crippen LogP contribution in [0.1, 0.15) is 39.8 Å². The standard InChI is InChI=1S/C39H29N3O2/c1-4-44-39(43)38-34(29-20-15-26(3)16-21-29)35(37-30-10-6-5-9-28(30)23-24-42(37)38)36-33(22-19-27-17-13-25(2)14-18-27)40-31-11-7-8-12-32(31)41-36/h5-18,20-21,23-24H,4H2,1-3H3. The molecule has 0 fully saturated rings. The number of benzene rings is 4. The molecule has 0 aliphatic heterocycles. The first-order valence-corrected chi connectivity index (χ1v) is 14.7. The first-order chi connectivity index (χ1) is 21.5. The van der Waals surface area contributed by atoms with Gasteiger partial charge in [0.2, 0.25) is 0 Å². The molecule has 0 spiro atoms. The number of hydrogen-bond acceptors (Lipinski definition) is 4. The lowest BCUT2D eigenvalue weighted by atomic mass is 9.95. The molecule has 0 saturated heterocycles. The summed E-state index contributed by atoms with van der Waals surface area (Å²) in [5, 5.41) is 2.03. The first kappa shape index (κ1) is 27.1. The molecule has 0 aliphatic carbocycles. The zero-order valence-electron chi connectivity index (χ0n) is 24.8. The van der Waals surface area contributed by atoms with Crippen LogP contribution in [0, 0.1) is 25.7 Å². The summed E-state index contributed by atoms with van der Waals surface area (Å²) in [6.45, 7) is 6.18. The van der Waals surface area contributed by atoms with Crippen LogP contribution in [0.4, 0.5) is 0 Å². The average Bonchev–Trinajstić information content (AvgIpc) is 3.40. The molecule has 5 nitrogen and oxygen atoms in total. The molecule has 4 aromatic carbocycles. The van der Waals surface area contributed by atoms with E-state index in [2.05, 4.69) is 43.0 Å². The van der Waals surface area contributed by atoms with E-state index >= 15 is 0 Å². The van der Waals surface area contributed by atoms with Gasteiger partial charge in [0.15, 0.2) is 0 Å². The normalized spacial score (nSPS) is 11.1. The lowest BCUT2D eigenvalue weighted by Crippen LogP contribution is -2.09. The van der Waals surface area contributed by atoms with Gasteiger partial charge >= 0.3 is 5.97 Å². The van der Waals surface area contributed by atoms with Crippen molar-refractivity contribution >= 4 is 33.3 Å². The summed E-state index contributed by atoms with van der Waals surface area (Å²) in [5.41, 5.74) is 9.53. The summed E-state index contributed by atoms with van der Waals surface area (Å²) >= 11 is 0. The Morgan fingerprint density at radius 1 is 0.750 bits per heavy atom. The Bertz CT molecular complexity index is 2270. The quantitative estimate of drug-likeness (QED) is 0.157. The summed E-state index contributed by atoms with van der Waals surface area (Å²) in [6.07, 6.45) is 1.94. The van der Waals surface area contributed by atoms with Crippen molar-refractivity contribution < 1.29 is 9.53 Å². The van der Waals surface area contributed by atoms with Gasteiger partial charge in [0, 0.05) is 28.3 Å². The van der Waals surface area contributed by atoms with Gasteiger partial charge in [-0.15, -0.1) is 0 Å². The first-order valence-electron chi connectivity index (χ1n) is 14.7. The average molecular weight is 572 g/mol. The monoisotopic (exact) mass is 571 g/mol. The van der Waals surface area contributed by atoms with Crippen LogP contribution in [0.15, 0.2) is 109 Å². The van der Waals surface area contributed by atoms with E-state index in [0.29, 0.717) is 17.1 Å². The molecule has 7 aromatic rings. The van der Waals surface area contributed by atoms with Crippen LogP contribution in [0.25, 0.3) is 49.7 Å². The van der Waals surface area contributed by atoms with E-state index in [0.717, 1.165) is 55.1 Å². The molecule has 0 amide bonds. The molecule has 5 heteroatoms. The fourth-order valence-corrected chi connectivity index (χ4v) is 5.68. The number of hydrogen-bond donors (Lipinski definition) is 0. The van der Waals surface area contributed by atoms with Crippen molar-refractivity contribution in [3.05, 3.63) is 137 Å². The van der Waals surface area contributed by atoms with Crippen LogP contribution in [-0.4, -0.2) is 26.9 Å². The number of esters is 1. The number of aromatic nitrogens is 3. The van der Waals surface area contributed by atoms with Crippen LogP contribution in [0.2, 0.25) is 0 Å². The lowest BCUT2D eigenvalue weighted by molar-refractivity contribution is 0.0519. The Hall–Kier alpha value is -5.73. The molecule has 44 heavy (non-hydrogen) atoms. The van der Waals surface area contributed by atoms with E-state index in [4.69, 9.17) is 14.7 Å². The summed E-state index contributed by atoms with van der Waals surface area (Å²) in [5.74, 6) is 6.27. The third-order valence-electron chi connectivity index (χ3n) is 7.82. The number of rotatable bonds is 4. The molecule has 0 saturated carbocycles. The topological polar surface area (TPSA) is 56.5 Å². The van der Waals surface area contributed by atoms with Gasteiger partial charge in [-0.05, 0) is 68.0 Å². The second kappa shape index (κ2) is 11.2. The Labute approximate surface area is 255 Å². The van der Waals surface area contributed by atoms with Crippen molar-refractivity contribution in [3.63, 3.8) is 0 Å². The number of para-hydroxylation sites is 2. The maximum absolute atomic E-state index is 13.8. The maximum atomic E-state index is 13.8. The largest absolute Gasteiger partial charge is 0.461 e. The Balaban J connectivity index is 1.66. The van der Waals surface area contributed by atoms with Crippen LogP contribution in [0.3, 0.4) is 0 Å². The number of carbonyl (C=O) groups is 1. The zero-order valence-corrected chi connectivity index (χ0v) is 24.8. The van der Waals surface area contributed by atoms with Gasteiger partial charge in [-0.2, -0.15) is 0 Å². The fraction of sp³-hybridized carbons (Fsp3) is 0.103. The summed E-state index contributed by atoms with van der Waals surface area (Å²) in [4.78, 5) is 24.1. The highest BCUT2D eigenvalue weighted by atomic mass is 16.5. The van der Waals surface area contributed by atoms with Crippen LogP contribution < -0.4 is 0 Å². The molecular weight excluding hydrogens is 542 g/mol. The van der Waals surface area contributed by atoms with Crippen molar-refractivity contribution in [1.29, 1.82) is 0 Å². The molecule has 0 aliphatic rings. The number of nitrogens with zero attached hydrogens (tertiary/aromatic N) is 3. The van der Waals surface area contributed by atoms with Crippen molar-refractivity contribution in [2.75, 3.05) is 6.61 Å². The van der Waals surface area contributed by atoms with Crippen LogP contribution in [0.5, 0.6) is 0 Å². The number of pyridine rings is 1. The minimum atomic E-state index is -0.402. The highest BCUT2D eigenvalue weighted by Gasteiger charge is 2.30. The van der Waals surface area contributed by atoms with Crippen molar-refractivity contribution in [3.8, 4) is 34.2 Å². The van der Waals surface area contributed by atoms with Gasteiger partial charge in [0.25, 0.3) is 0 Å². The third kappa shape index (κ3) is 4.77. The fourth-order valence-electron chi connectivity index (χ4n) is 5.68. The molecule has 0 unspecified atom stereocenters. The van der Waals surface area contributed by atoms with E-state index in [1.807, 2.05) is 103 Å². The molecule has 3 heterocycles. The Kier molecular flexibility index (Phi) is 6.88. The Morgan fingerprint density at radius 2 is 1.41 bits per heavy atom. The summed E-state index contributed by atoms with van der Waals surface area (Å²) < 4.78 is 7.62. The summed E-state index contributed by atoms with van der Waals surface area (Å²) in [7, 11) is 0. The number of aryl methyl sites for hydroxylation is 2. The molecule has 7 rings (SSSR count). The maximum Gasteiger partial charge on any atom is 0.355 e. The predicted octanol–water partition coefficient (Wildman–Crippen LogP) is 8.56. The Morgan fingerprint density at radius 3 is 2.14 bits per heavy atom. The minimum absolute atomic E-state index is 0.255. The van der Waals surface area contributed by atoms with E-state index in [1.165, 1.54) is 5.56 Å². The van der Waals surface area contributed by atoms with E-state index in [9.17, 15) is 4.79 Å². The van der Waals surface area contributed by atoms with Gasteiger partial charge in [0.05, 0.1) is 23.2 Å². The third-order valence-corrected chi connectivity index (χ3v) is 7.82. The second-order valence-corrected chi connectivity index (χ2v) is 10.8. The molecule has 0 bridgehead atoms. The van der Waals surface area contributed by atoms with E-state index < -0.39 is 5.97 Å². The molecular formula is C39H29N3O2. The minimum Gasteiger partial charge on any atom is -0.461 e. The molecule has 3 aromatic heterocycles. The van der Waals surface area contributed by atoms with Gasteiger partial charge in [-0.25, -0.2) is 14.8 Å². The smallest absolute Gasteiger partial charge is 0.355 e. The summed E-state index contributed by atoms with van der Waals surface area (Å²) in [6, 6.07) is 34.3. The van der Waals surface area contributed by atoms with Gasteiger partial charge in [-0.3, -0.25) is 0 Å². The van der Waals surface area contributed by atoms with Crippen molar-refractivity contribution in [1.82, 2.24) is 14.4 Å². The van der Waals surface area contributed by atoms with E-state index in [-0.39, 0.29) is 6.61 Å². The number of carbonyl (C=O) groups excluding carboxylic acids is 1. The molecule has 212 valence electrons. The highest BCUT2D eigenvalue weighted by molar-refractivity contribution is 6.14. The number of fused-ring (bicyclic) bond motifs is 4. The van der Waals surface area contributed by atoms with Crippen molar-refractivity contribution in [2.24, 2.45) is 0 Å². The van der Waals surface area contributed by atoms with Crippen LogP contribution in [-0.2, 0) is 4.74 Å².